The Bertz CT molecular complexity index is 367. The van der Waals surface area contributed by atoms with Crippen LogP contribution >= 0.6 is 34.2 Å². The predicted octanol–water partition coefficient (Wildman–Crippen LogP) is 2.19. The van der Waals surface area contributed by atoms with E-state index in [0.717, 1.165) is 19.4 Å². The summed E-state index contributed by atoms with van der Waals surface area (Å²) in [7, 11) is 0. The van der Waals surface area contributed by atoms with Crippen LogP contribution in [0, 0.1) is 3.57 Å². The third kappa shape index (κ3) is 4.38. The molecule has 15 heavy (non-hydrogen) atoms. The fourth-order valence-electron chi connectivity index (χ4n) is 1.10. The first-order valence-electron chi connectivity index (χ1n) is 4.72. The number of hydrogen-bond acceptors (Lipinski definition) is 3. The van der Waals surface area contributed by atoms with Crippen LogP contribution in [0.1, 0.15) is 19.8 Å². The standard InChI is InChI=1S/C9H13ClIN3O/c1-6(10)3-2-4-12-8-7(11)9(15)14-5-13-8/h5-6H,2-4H2,1H3,(H2,12,13,14,15). The summed E-state index contributed by atoms with van der Waals surface area (Å²) in [6.07, 6.45) is 3.32. The quantitative estimate of drug-likeness (QED) is 0.490. The lowest BCUT2D eigenvalue weighted by Gasteiger charge is -2.06. The van der Waals surface area contributed by atoms with Crippen molar-refractivity contribution in [2.24, 2.45) is 0 Å². The molecule has 0 aromatic carbocycles. The summed E-state index contributed by atoms with van der Waals surface area (Å²) in [5, 5.41) is 3.30. The molecule has 84 valence electrons. The van der Waals surface area contributed by atoms with Crippen LogP contribution in [0.2, 0.25) is 0 Å². The topological polar surface area (TPSA) is 57.8 Å². The summed E-state index contributed by atoms with van der Waals surface area (Å²) >= 11 is 7.79. The molecule has 4 nitrogen and oxygen atoms in total. The van der Waals surface area contributed by atoms with Gasteiger partial charge in [-0.15, -0.1) is 11.6 Å². The highest BCUT2D eigenvalue weighted by Gasteiger charge is 2.03. The summed E-state index contributed by atoms with van der Waals surface area (Å²) in [4.78, 5) is 17.8. The second-order valence-electron chi connectivity index (χ2n) is 3.24. The molecule has 0 radical (unpaired) electrons. The van der Waals surface area contributed by atoms with Gasteiger partial charge < -0.3 is 10.3 Å². The van der Waals surface area contributed by atoms with E-state index in [-0.39, 0.29) is 10.9 Å². The first kappa shape index (κ1) is 12.8. The smallest absolute Gasteiger partial charge is 0.266 e. The highest BCUT2D eigenvalue weighted by molar-refractivity contribution is 14.1. The number of hydrogen-bond donors (Lipinski definition) is 2. The van der Waals surface area contributed by atoms with Crippen molar-refractivity contribution in [1.29, 1.82) is 0 Å². The Morgan fingerprint density at radius 2 is 2.47 bits per heavy atom. The maximum absolute atomic E-state index is 11.2. The molecule has 0 saturated heterocycles. The van der Waals surface area contributed by atoms with Crippen LogP contribution in [-0.4, -0.2) is 21.9 Å². The fraction of sp³-hybridized carbons (Fsp3) is 0.556. The van der Waals surface area contributed by atoms with Gasteiger partial charge in [0.15, 0.2) is 0 Å². The number of aromatic amines is 1. The number of nitrogens with zero attached hydrogens (tertiary/aromatic N) is 1. The van der Waals surface area contributed by atoms with Crippen molar-refractivity contribution in [3.63, 3.8) is 0 Å². The van der Waals surface area contributed by atoms with E-state index in [1.807, 2.05) is 29.5 Å². The van der Waals surface area contributed by atoms with Crippen molar-refractivity contribution in [2.75, 3.05) is 11.9 Å². The molecule has 2 N–H and O–H groups in total. The Morgan fingerprint density at radius 3 is 3.13 bits per heavy atom. The summed E-state index contributed by atoms with van der Waals surface area (Å²) in [5.74, 6) is 0.640. The molecule has 1 atom stereocenters. The van der Waals surface area contributed by atoms with Crippen LogP contribution in [0.5, 0.6) is 0 Å². The zero-order chi connectivity index (χ0) is 11.3. The molecular formula is C9H13ClIN3O. The van der Waals surface area contributed by atoms with Crippen LogP contribution in [0.4, 0.5) is 5.82 Å². The molecule has 0 bridgehead atoms. The van der Waals surface area contributed by atoms with Crippen molar-refractivity contribution in [2.45, 2.75) is 25.1 Å². The molecule has 0 aliphatic carbocycles. The Morgan fingerprint density at radius 1 is 1.73 bits per heavy atom. The van der Waals surface area contributed by atoms with Gasteiger partial charge in [-0.3, -0.25) is 4.79 Å². The second kappa shape index (κ2) is 6.32. The molecule has 1 heterocycles. The molecule has 0 amide bonds. The Hall–Kier alpha value is -0.300. The highest BCUT2D eigenvalue weighted by atomic mass is 127. The Labute approximate surface area is 107 Å². The van der Waals surface area contributed by atoms with Crippen LogP contribution < -0.4 is 10.9 Å². The number of aromatic nitrogens is 2. The van der Waals surface area contributed by atoms with E-state index in [1.165, 1.54) is 6.33 Å². The van der Waals surface area contributed by atoms with Gasteiger partial charge in [-0.2, -0.15) is 0 Å². The van der Waals surface area contributed by atoms with Gasteiger partial charge in [-0.1, -0.05) is 0 Å². The van der Waals surface area contributed by atoms with E-state index in [4.69, 9.17) is 11.6 Å². The Balaban J connectivity index is 2.44. The maximum Gasteiger partial charge on any atom is 0.266 e. The number of rotatable bonds is 5. The van der Waals surface area contributed by atoms with Crippen molar-refractivity contribution in [1.82, 2.24) is 9.97 Å². The van der Waals surface area contributed by atoms with Crippen molar-refractivity contribution in [3.8, 4) is 0 Å². The lowest BCUT2D eigenvalue weighted by molar-refractivity contribution is 0.748. The van der Waals surface area contributed by atoms with Gasteiger partial charge in [0.1, 0.15) is 9.39 Å². The number of anilines is 1. The van der Waals surface area contributed by atoms with E-state index in [1.54, 1.807) is 0 Å². The van der Waals surface area contributed by atoms with E-state index >= 15 is 0 Å². The van der Waals surface area contributed by atoms with E-state index < -0.39 is 0 Å². The van der Waals surface area contributed by atoms with Gasteiger partial charge in [-0.05, 0) is 42.4 Å². The molecule has 0 saturated carbocycles. The van der Waals surface area contributed by atoms with Crippen LogP contribution in [0.25, 0.3) is 0 Å². The highest BCUT2D eigenvalue weighted by Crippen LogP contribution is 2.09. The third-order valence-corrected chi connectivity index (χ3v) is 3.09. The summed E-state index contributed by atoms with van der Waals surface area (Å²) in [6, 6.07) is 0. The first-order valence-corrected chi connectivity index (χ1v) is 6.24. The lowest BCUT2D eigenvalue weighted by Crippen LogP contribution is -2.15. The predicted molar refractivity (Wildman–Crippen MR) is 70.6 cm³/mol. The van der Waals surface area contributed by atoms with Crippen LogP contribution in [-0.2, 0) is 0 Å². The Kier molecular flexibility index (Phi) is 5.38. The zero-order valence-corrected chi connectivity index (χ0v) is 11.3. The minimum atomic E-state index is -0.112. The van der Waals surface area contributed by atoms with Crippen LogP contribution in [0.15, 0.2) is 11.1 Å². The second-order valence-corrected chi connectivity index (χ2v) is 5.07. The van der Waals surface area contributed by atoms with Gasteiger partial charge in [0, 0.05) is 11.9 Å². The monoisotopic (exact) mass is 341 g/mol. The van der Waals surface area contributed by atoms with Crippen LogP contribution in [0.3, 0.4) is 0 Å². The molecule has 0 aliphatic rings. The van der Waals surface area contributed by atoms with Gasteiger partial charge in [0.25, 0.3) is 5.56 Å². The molecule has 1 unspecified atom stereocenters. The molecule has 1 aromatic rings. The number of H-pyrrole nitrogens is 1. The first-order chi connectivity index (χ1) is 7.11. The zero-order valence-electron chi connectivity index (χ0n) is 8.39. The van der Waals surface area contributed by atoms with E-state index in [0.29, 0.717) is 9.39 Å². The maximum atomic E-state index is 11.2. The molecule has 0 spiro atoms. The van der Waals surface area contributed by atoms with Gasteiger partial charge in [0.05, 0.1) is 6.33 Å². The summed E-state index contributed by atoms with van der Waals surface area (Å²) in [6.45, 7) is 2.75. The van der Waals surface area contributed by atoms with Gasteiger partial charge >= 0.3 is 0 Å². The third-order valence-electron chi connectivity index (χ3n) is 1.87. The largest absolute Gasteiger partial charge is 0.369 e. The van der Waals surface area contributed by atoms with E-state index in [2.05, 4.69) is 15.3 Å². The van der Waals surface area contributed by atoms with Crippen molar-refractivity contribution >= 4 is 40.0 Å². The summed E-state index contributed by atoms with van der Waals surface area (Å²) in [5.41, 5.74) is -0.112. The number of halogens is 2. The molecule has 0 fully saturated rings. The average molecular weight is 342 g/mol. The molecule has 0 aliphatic heterocycles. The van der Waals surface area contributed by atoms with Crippen molar-refractivity contribution < 1.29 is 0 Å². The molecule has 6 heteroatoms. The van der Waals surface area contributed by atoms with Gasteiger partial charge in [0.2, 0.25) is 0 Å². The van der Waals surface area contributed by atoms with Gasteiger partial charge in [-0.25, -0.2) is 4.98 Å². The lowest BCUT2D eigenvalue weighted by atomic mass is 10.2. The van der Waals surface area contributed by atoms with E-state index in [9.17, 15) is 4.79 Å². The minimum Gasteiger partial charge on any atom is -0.369 e. The minimum absolute atomic E-state index is 0.112. The average Bonchev–Trinajstić information content (AvgIpc) is 2.18. The molecular weight excluding hydrogens is 328 g/mol. The van der Waals surface area contributed by atoms with Crippen molar-refractivity contribution in [3.05, 3.63) is 20.3 Å². The molecule has 1 rings (SSSR count). The fourth-order valence-corrected chi connectivity index (χ4v) is 1.74. The number of nitrogens with one attached hydrogen (secondary N) is 2. The number of alkyl halides is 1. The normalized spacial score (nSPS) is 12.5. The summed E-state index contributed by atoms with van der Waals surface area (Å²) < 4.78 is 0.592. The molecule has 1 aromatic heterocycles. The SMILES string of the molecule is CC(Cl)CCCNc1nc[nH]c(=O)c1I.